The molecule has 8 heteroatoms. The van der Waals surface area contributed by atoms with E-state index in [1.165, 1.54) is 0 Å². The first-order valence-corrected chi connectivity index (χ1v) is 16.7. The van der Waals surface area contributed by atoms with Crippen molar-refractivity contribution < 1.29 is 29.7 Å². The maximum atomic E-state index is 8.30. The topological polar surface area (TPSA) is 48.9 Å². The molecule has 0 fully saturated rings. The average Bonchev–Trinajstić information content (AvgIpc) is 3.87. The summed E-state index contributed by atoms with van der Waals surface area (Å²) in [6, 6.07) is 42.0. The first-order valence-electron chi connectivity index (χ1n) is 18.2. The quantitative estimate of drug-likeness (QED) is 0.132. The van der Waals surface area contributed by atoms with Gasteiger partial charge >= 0.3 is 0 Å². The van der Waals surface area contributed by atoms with Gasteiger partial charge in [0.25, 0.3) is 0 Å². The Hall–Kier alpha value is -5.52. The molecule has 0 saturated carbocycles. The molecular formula is C43H33N7Pt-2. The van der Waals surface area contributed by atoms with Gasteiger partial charge in [0.05, 0.1) is 29.1 Å². The fourth-order valence-corrected chi connectivity index (χ4v) is 7.39. The third-order valence-corrected chi connectivity index (χ3v) is 9.83. The molecule has 0 aliphatic carbocycles. The van der Waals surface area contributed by atoms with Crippen LogP contribution in [0.25, 0.3) is 77.9 Å². The molecule has 5 heterocycles. The number of hydrogen-bond acceptors (Lipinski definition) is 2. The van der Waals surface area contributed by atoms with Gasteiger partial charge in [-0.25, -0.2) is 9.97 Å². The van der Waals surface area contributed by atoms with Gasteiger partial charge in [0.1, 0.15) is 5.82 Å². The molecule has 0 spiro atoms. The molecule has 0 atom stereocenters. The van der Waals surface area contributed by atoms with E-state index >= 15 is 0 Å². The molecule has 5 aromatic heterocycles. The summed E-state index contributed by atoms with van der Waals surface area (Å²) in [6.45, 7) is 4.20. The van der Waals surface area contributed by atoms with Crippen LogP contribution in [0.3, 0.4) is 0 Å². The predicted octanol–water partition coefficient (Wildman–Crippen LogP) is 8.70. The molecule has 0 unspecified atom stereocenters. The van der Waals surface area contributed by atoms with Crippen LogP contribution in [0.1, 0.15) is 36.0 Å². The number of aromatic nitrogens is 7. The van der Waals surface area contributed by atoms with Crippen LogP contribution in [0.2, 0.25) is 0 Å². The second kappa shape index (κ2) is 11.2. The molecule has 0 aliphatic heterocycles. The fraction of sp³-hybridized carbons (Fsp3) is 0.140. The first kappa shape index (κ1) is 28.2. The number of nitrogens with zero attached hydrogens (tertiary/aromatic N) is 7. The second-order valence-electron chi connectivity index (χ2n) is 13.9. The van der Waals surface area contributed by atoms with Gasteiger partial charge < -0.3 is 18.1 Å². The summed E-state index contributed by atoms with van der Waals surface area (Å²) in [5.41, 5.74) is 9.73. The number of aryl methyl sites for hydroxylation is 2. The Morgan fingerprint density at radius 2 is 1.53 bits per heavy atom. The minimum absolute atomic E-state index is 0. The van der Waals surface area contributed by atoms with Crippen LogP contribution in [0.15, 0.2) is 109 Å². The molecule has 0 aliphatic rings. The molecule has 7 nitrogen and oxygen atoms in total. The number of rotatable bonds is 3. The van der Waals surface area contributed by atoms with E-state index in [1.54, 1.807) is 12.1 Å². The maximum absolute atomic E-state index is 8.30. The van der Waals surface area contributed by atoms with E-state index in [-0.39, 0.29) is 32.0 Å². The van der Waals surface area contributed by atoms with Crippen molar-refractivity contribution in [3.8, 4) is 17.2 Å². The first-order chi connectivity index (χ1) is 25.5. The zero-order valence-corrected chi connectivity index (χ0v) is 30.6. The van der Waals surface area contributed by atoms with Gasteiger partial charge in [-0.2, -0.15) is 18.2 Å². The maximum Gasteiger partial charge on any atom is 0.242 e. The van der Waals surface area contributed by atoms with Gasteiger partial charge in [0.2, 0.25) is 12.1 Å². The van der Waals surface area contributed by atoms with E-state index in [9.17, 15) is 0 Å². The number of hydrogen-bond donors (Lipinski definition) is 0. The van der Waals surface area contributed by atoms with E-state index in [0.717, 1.165) is 60.8 Å². The second-order valence-corrected chi connectivity index (χ2v) is 13.9. The Morgan fingerprint density at radius 1 is 0.745 bits per heavy atom. The van der Waals surface area contributed by atoms with E-state index in [0.29, 0.717) is 22.6 Å². The average molecular weight is 846 g/mol. The smallest absolute Gasteiger partial charge is 0.242 e. The number of fused-ring (bicyclic) bond motifs is 9. The Morgan fingerprint density at radius 3 is 2.37 bits per heavy atom. The molecule has 0 N–H and O–H groups in total. The van der Waals surface area contributed by atoms with Crippen molar-refractivity contribution in [1.29, 1.82) is 0 Å². The molecule has 252 valence electrons. The molecule has 51 heavy (non-hydrogen) atoms. The van der Waals surface area contributed by atoms with Crippen LogP contribution < -0.4 is 4.57 Å². The molecule has 0 radical (unpaired) electrons. The number of para-hydroxylation sites is 4. The minimum atomic E-state index is -2.33. The van der Waals surface area contributed by atoms with Gasteiger partial charge in [0, 0.05) is 36.9 Å². The third kappa shape index (κ3) is 4.57. The summed E-state index contributed by atoms with van der Waals surface area (Å²) in [6.07, 6.45) is 5.28. The molecular weight excluding hydrogens is 810 g/mol. The van der Waals surface area contributed by atoms with Crippen molar-refractivity contribution in [2.45, 2.75) is 33.0 Å². The minimum Gasteiger partial charge on any atom is -0.359 e. The Bertz CT molecular complexity index is 3120. The van der Waals surface area contributed by atoms with Gasteiger partial charge in [-0.3, -0.25) is 4.57 Å². The van der Waals surface area contributed by atoms with Crippen molar-refractivity contribution in [3.05, 3.63) is 139 Å². The predicted molar refractivity (Wildman–Crippen MR) is 200 cm³/mol. The summed E-state index contributed by atoms with van der Waals surface area (Å²) in [5.74, 6) is 1.25. The largest absolute Gasteiger partial charge is 0.359 e. The standard InChI is InChI=1S/C43H33N7.Pt/c1-27-12-10-19-36-41(27)45-42-49(36)38-24-32-31-15-6-7-16-33(31)48(37(32)25-39(38)50(42)40-22-28(20-21-44-40)43(2,3)4)30-14-11-13-29(23-30)47-26-46(5)34-17-8-9-18-35(34)47;/h6-22,24H,1-5H3;/q-2;/i1D3;. The normalized spacial score (nSPS) is 13.4. The fourth-order valence-electron chi connectivity index (χ4n) is 7.39. The van der Waals surface area contributed by atoms with Crippen molar-refractivity contribution in [2.24, 2.45) is 7.05 Å². The molecule has 5 aromatic carbocycles. The van der Waals surface area contributed by atoms with Crippen LogP contribution >= 0.6 is 0 Å². The number of pyridine rings is 1. The van der Waals surface area contributed by atoms with Crippen molar-refractivity contribution >= 4 is 60.7 Å². The number of benzene rings is 5. The molecule has 0 amide bonds. The van der Waals surface area contributed by atoms with Crippen molar-refractivity contribution in [1.82, 2.24) is 28.1 Å². The molecule has 10 aromatic rings. The Labute approximate surface area is 313 Å². The van der Waals surface area contributed by atoms with Crippen LogP contribution in [0, 0.1) is 25.3 Å². The Balaban J connectivity index is 0.00000384. The van der Waals surface area contributed by atoms with Gasteiger partial charge in [-0.1, -0.05) is 92.3 Å². The van der Waals surface area contributed by atoms with E-state index in [1.807, 2.05) is 55.6 Å². The number of imidazole rings is 3. The van der Waals surface area contributed by atoms with Crippen LogP contribution in [0.4, 0.5) is 0 Å². The van der Waals surface area contributed by atoms with Crippen LogP contribution in [0.5, 0.6) is 0 Å². The van der Waals surface area contributed by atoms with Crippen molar-refractivity contribution in [2.75, 3.05) is 0 Å². The Kier molecular flexibility index (Phi) is 6.22. The van der Waals surface area contributed by atoms with Gasteiger partial charge in [-0.05, 0) is 64.1 Å². The summed E-state index contributed by atoms with van der Waals surface area (Å²) in [7, 11) is 2.00. The van der Waals surface area contributed by atoms with Crippen LogP contribution in [-0.2, 0) is 33.5 Å². The van der Waals surface area contributed by atoms with Crippen molar-refractivity contribution in [3.63, 3.8) is 0 Å². The van der Waals surface area contributed by atoms with E-state index in [2.05, 4.69) is 111 Å². The molecule has 0 bridgehead atoms. The summed E-state index contributed by atoms with van der Waals surface area (Å²) >= 11 is 0. The summed E-state index contributed by atoms with van der Waals surface area (Å²) in [5, 5.41) is 2.06. The van der Waals surface area contributed by atoms with E-state index < -0.39 is 6.85 Å². The summed E-state index contributed by atoms with van der Waals surface area (Å²) < 4.78 is 35.2. The monoisotopic (exact) mass is 845 g/mol. The zero-order chi connectivity index (χ0) is 36.4. The summed E-state index contributed by atoms with van der Waals surface area (Å²) in [4.78, 5) is 9.93. The van der Waals surface area contributed by atoms with Crippen LogP contribution in [-0.4, -0.2) is 28.1 Å². The zero-order valence-electron chi connectivity index (χ0n) is 31.3. The SMILES string of the molecule is [2H]C([2H])([2H])c1cccc2c1nc1n(-c3cc(C(C)(C)C)ccn3)c3[c-]c4c(cc3n21)c1ccccc1n4-c1[c-]c(-[n+]2[c-]n(C)c3ccccc32)ccc1.[Pt]. The third-order valence-electron chi connectivity index (χ3n) is 9.83. The van der Waals surface area contributed by atoms with Gasteiger partial charge in [-0.15, -0.1) is 23.6 Å². The molecule has 10 rings (SSSR count). The molecule has 0 saturated heterocycles. The van der Waals surface area contributed by atoms with E-state index in [4.69, 9.17) is 14.1 Å². The van der Waals surface area contributed by atoms with Gasteiger partial charge in [0.15, 0.2) is 0 Å².